The molecule has 11 heterocycles. The summed E-state index contributed by atoms with van der Waals surface area (Å²) in [7, 11) is 0. The largest absolute Gasteiger partial charge is 0.472 e. The van der Waals surface area contributed by atoms with Gasteiger partial charge in [-0.05, 0) is 197 Å². The molecule has 0 unspecified atom stereocenters. The monoisotopic (exact) mass is 1340 g/mol. The molecule has 10 aromatic heterocycles. The molecule has 15 aromatic rings. The van der Waals surface area contributed by atoms with Crippen LogP contribution < -0.4 is 0 Å². The number of nitrogens with zero attached hydrogens (tertiary/aromatic N) is 11. The van der Waals surface area contributed by atoms with E-state index < -0.39 is 0 Å². The summed E-state index contributed by atoms with van der Waals surface area (Å²) in [5.41, 5.74) is 17.6. The number of benzene rings is 5. The molecule has 0 aliphatic carbocycles. The first-order chi connectivity index (χ1) is 47.5. The van der Waals surface area contributed by atoms with E-state index in [0.717, 1.165) is 73.9 Å². The van der Waals surface area contributed by atoms with Crippen LogP contribution in [0.3, 0.4) is 0 Å². The van der Waals surface area contributed by atoms with E-state index in [9.17, 15) is 0 Å². The Labute approximate surface area is 588 Å². The van der Waals surface area contributed by atoms with Gasteiger partial charge >= 0.3 is 0 Å². The molecule has 5 aromatic carbocycles. The fraction of sp³-hybridized carbons (Fsp3) is 0.169. The van der Waals surface area contributed by atoms with Crippen molar-refractivity contribution >= 4 is 60.6 Å². The zero-order valence-corrected chi connectivity index (χ0v) is 60.3. The molecule has 13 nitrogen and oxygen atoms in total. The molecule has 0 radical (unpaired) electrons. The molecule has 0 saturated carbocycles. The summed E-state index contributed by atoms with van der Waals surface area (Å²) in [6, 6.07) is 71.9. The molecule has 0 bridgehead atoms. The number of fused-ring (bicyclic) bond motifs is 3. The fourth-order valence-electron chi connectivity index (χ4n) is 7.52. The summed E-state index contributed by atoms with van der Waals surface area (Å²) < 4.78 is 11.2. The molecule has 1 aliphatic heterocycles. The maximum atomic E-state index is 5.26. The molecule has 0 amide bonds. The van der Waals surface area contributed by atoms with Crippen molar-refractivity contribution in [2.45, 2.75) is 90.0 Å². The summed E-state index contributed by atoms with van der Waals surface area (Å²) in [6.45, 7) is 26.8. The van der Waals surface area contributed by atoms with Crippen molar-refractivity contribution in [1.29, 1.82) is 0 Å². The Kier molecular flexibility index (Phi) is 40.0. The molecule has 1 aliphatic rings. The summed E-state index contributed by atoms with van der Waals surface area (Å²) in [5, 5.41) is 4.37. The lowest BCUT2D eigenvalue weighted by atomic mass is 10.1. The Bertz CT molecular complexity index is 3880. The van der Waals surface area contributed by atoms with Crippen molar-refractivity contribution in [3.63, 3.8) is 0 Å². The number of allylic oxidation sites excluding steroid dienone is 1. The van der Waals surface area contributed by atoms with Crippen LogP contribution in [0.4, 0.5) is 0 Å². The predicted molar refractivity (Wildman–Crippen MR) is 412 cm³/mol. The van der Waals surface area contributed by atoms with Gasteiger partial charge in [0, 0.05) is 95.8 Å². The molecule has 15 heteroatoms. The Morgan fingerprint density at radius 1 is 0.388 bits per heavy atom. The lowest BCUT2D eigenvalue weighted by Crippen LogP contribution is -1.80. The number of rotatable bonds is 0. The number of thiazole rings is 2. The van der Waals surface area contributed by atoms with Crippen molar-refractivity contribution in [2.75, 3.05) is 6.54 Å². The van der Waals surface area contributed by atoms with Crippen LogP contribution in [0.25, 0.3) is 32.2 Å². The van der Waals surface area contributed by atoms with E-state index in [1.807, 2.05) is 250 Å². The third kappa shape index (κ3) is 38.3. The van der Waals surface area contributed by atoms with Crippen LogP contribution in [0.5, 0.6) is 0 Å². The number of hydrogen-bond acceptors (Lipinski definition) is 15. The van der Waals surface area contributed by atoms with Gasteiger partial charge in [0.2, 0.25) is 0 Å². The van der Waals surface area contributed by atoms with E-state index in [0.29, 0.717) is 0 Å². The fourth-order valence-corrected chi connectivity index (χ4v) is 8.90. The van der Waals surface area contributed by atoms with Gasteiger partial charge in [-0.2, -0.15) is 0 Å². The van der Waals surface area contributed by atoms with E-state index in [1.165, 1.54) is 37.9 Å². The van der Waals surface area contributed by atoms with Gasteiger partial charge in [0.15, 0.2) is 11.5 Å². The molecule has 0 spiro atoms. The van der Waals surface area contributed by atoms with Crippen LogP contribution in [0.2, 0.25) is 0 Å². The Morgan fingerprint density at radius 2 is 0.908 bits per heavy atom. The number of pyridine rings is 5. The van der Waals surface area contributed by atoms with Crippen LogP contribution in [0.15, 0.2) is 317 Å². The zero-order chi connectivity index (χ0) is 70.6. The second-order valence-electron chi connectivity index (χ2n) is 21.4. The third-order valence-electron chi connectivity index (χ3n) is 12.5. The minimum absolute atomic E-state index is 0.723. The van der Waals surface area contributed by atoms with Crippen LogP contribution in [-0.4, -0.2) is 62.1 Å². The van der Waals surface area contributed by atoms with Crippen molar-refractivity contribution in [2.24, 2.45) is 4.99 Å². The molecular weight excluding hydrogens is 1250 g/mol. The number of para-hydroxylation sites is 4. The first kappa shape index (κ1) is 79.3. The maximum Gasteiger partial charge on any atom is 0.192 e. The average molecular weight is 1340 g/mol. The highest BCUT2D eigenvalue weighted by molar-refractivity contribution is 7.18. The van der Waals surface area contributed by atoms with Crippen LogP contribution >= 0.6 is 22.7 Å². The van der Waals surface area contributed by atoms with Crippen LogP contribution in [0, 0.1) is 83.1 Å². The van der Waals surface area contributed by atoms with Gasteiger partial charge in [0.25, 0.3) is 0 Å². The quantitative estimate of drug-likeness (QED) is 0.141. The molecule has 0 atom stereocenters. The number of aromatic nitrogens is 10. The second kappa shape index (κ2) is 49.4. The highest BCUT2D eigenvalue weighted by Gasteiger charge is 1.98. The van der Waals surface area contributed by atoms with Crippen LogP contribution in [0.1, 0.15) is 74.2 Å². The molecule has 98 heavy (non-hydrogen) atoms. The molecular formula is C83H91N11O2S2. The lowest BCUT2D eigenvalue weighted by molar-refractivity contribution is 0.561. The minimum atomic E-state index is 0.723. The van der Waals surface area contributed by atoms with Gasteiger partial charge in [-0.1, -0.05) is 145 Å². The predicted octanol–water partition coefficient (Wildman–Crippen LogP) is 21.7. The molecule has 0 saturated heterocycles. The van der Waals surface area contributed by atoms with Gasteiger partial charge in [0.1, 0.15) is 11.3 Å². The highest BCUT2D eigenvalue weighted by atomic mass is 32.1. The zero-order valence-electron chi connectivity index (χ0n) is 58.6. The molecule has 16 rings (SSSR count). The van der Waals surface area contributed by atoms with E-state index in [-0.39, 0.29) is 0 Å². The molecule has 0 fully saturated rings. The van der Waals surface area contributed by atoms with Crippen molar-refractivity contribution in [3.8, 4) is 0 Å². The third-order valence-corrected chi connectivity index (χ3v) is 14.2. The van der Waals surface area contributed by atoms with Gasteiger partial charge in [0.05, 0.1) is 45.3 Å². The molecule has 502 valence electrons. The molecule has 0 N–H and O–H groups in total. The SMILES string of the molecule is CC1=NCC=C1.Cc1cccc2cccnc12.Cc1ccccc1.Cc1ccccc1.Cc1ccccn1.Cc1ccccn1.Cc1ccccn1.Cc1ccncc1.Cc1ccoc1.Cc1cscn1.Cc1nc2ccccc2o1.Cc1nc2ccccc2s1.Cc1ncccn1. The van der Waals surface area contributed by atoms with Crippen molar-refractivity contribution in [1.82, 2.24) is 49.8 Å². The van der Waals surface area contributed by atoms with Gasteiger partial charge in [-0.15, -0.1) is 22.7 Å². The normalized spacial score (nSPS) is 9.87. The van der Waals surface area contributed by atoms with E-state index in [2.05, 4.69) is 136 Å². The van der Waals surface area contributed by atoms with Crippen molar-refractivity contribution < 1.29 is 8.83 Å². The lowest BCUT2D eigenvalue weighted by Gasteiger charge is -1.97. The van der Waals surface area contributed by atoms with E-state index >= 15 is 0 Å². The number of oxazole rings is 1. The van der Waals surface area contributed by atoms with Gasteiger partial charge in [-0.25, -0.2) is 19.9 Å². The number of hydrogen-bond donors (Lipinski definition) is 0. The van der Waals surface area contributed by atoms with Crippen molar-refractivity contribution in [3.05, 3.63) is 371 Å². The summed E-state index contributed by atoms with van der Waals surface area (Å²) in [6.07, 6.45) is 21.7. The van der Waals surface area contributed by atoms with Crippen LogP contribution in [-0.2, 0) is 0 Å². The number of aryl methyl sites for hydroxylation is 12. The van der Waals surface area contributed by atoms with Gasteiger partial charge < -0.3 is 8.83 Å². The van der Waals surface area contributed by atoms with E-state index in [1.54, 1.807) is 84.6 Å². The second-order valence-corrected chi connectivity index (χ2v) is 23.4. The first-order valence-electron chi connectivity index (χ1n) is 31.8. The highest BCUT2D eigenvalue weighted by Crippen LogP contribution is 2.20. The average Bonchev–Trinajstić information content (AvgIpc) is 2.09. The number of aliphatic imine (C=N–C) groups is 1. The smallest absolute Gasteiger partial charge is 0.192 e. The Hall–Kier alpha value is -11.1. The summed E-state index contributed by atoms with van der Waals surface area (Å²) in [5.74, 6) is 1.55. The summed E-state index contributed by atoms with van der Waals surface area (Å²) >= 11 is 3.37. The van der Waals surface area contributed by atoms with Gasteiger partial charge in [-0.3, -0.25) is 34.9 Å². The Morgan fingerprint density at radius 3 is 1.27 bits per heavy atom. The summed E-state index contributed by atoms with van der Waals surface area (Å²) in [4.78, 5) is 44.3. The number of furan rings is 1. The topological polar surface area (TPSA) is 168 Å². The first-order valence-corrected chi connectivity index (χ1v) is 33.5. The maximum absolute atomic E-state index is 5.26. The standard InChI is InChI=1S/C10H9N.C8H7NO.C8H7NS.2C7H8.4C6H7N.C5H6N2.C5H7N.C5H6O.C4H5NS/c1-8-4-2-5-9-6-3-7-11-10(8)9;2*1-6-9-7-4-2-3-5-8(7)10-6;2*1-7-5-3-2-4-6-7;1-6-2-4-7-5-3-6;3*1-6-4-2-3-5-7-6;1-5-6-3-2-4-7-5;1-5-3-2-4-6-5;1-5-2-3-6-4-5;1-4-2-6-3-5-4/h2-7H,1H3;2*2-5H,1H3;2*2-6H,1H3;4*2-5H,1H3;2-4H,1H3;2-3H,4H2,1H3;2-4H,1H3;2-3H,1H3. The Balaban J connectivity index is 0.000000227. The van der Waals surface area contributed by atoms with E-state index in [4.69, 9.17) is 8.83 Å². The minimum Gasteiger partial charge on any atom is -0.472 e.